The van der Waals surface area contributed by atoms with Gasteiger partial charge in [-0.15, -0.1) is 0 Å². The van der Waals surface area contributed by atoms with Crippen LogP contribution in [0.1, 0.15) is 68.7 Å². The van der Waals surface area contributed by atoms with Crippen LogP contribution in [0.2, 0.25) is 0 Å². The molecule has 0 bridgehead atoms. The van der Waals surface area contributed by atoms with E-state index in [4.69, 9.17) is 9.47 Å². The highest BCUT2D eigenvalue weighted by Gasteiger charge is 2.30. The molecule has 0 aliphatic rings. The first-order valence-electron chi connectivity index (χ1n) is 15.8. The number of amides is 3. The number of aromatic nitrogens is 2. The van der Waals surface area contributed by atoms with Gasteiger partial charge in [0.15, 0.2) is 0 Å². The van der Waals surface area contributed by atoms with E-state index in [1.807, 2.05) is 0 Å². The normalized spacial score (nSPS) is 11.8. The fourth-order valence-electron chi connectivity index (χ4n) is 4.69. The van der Waals surface area contributed by atoms with Crippen molar-refractivity contribution >= 4 is 35.4 Å². The average Bonchev–Trinajstić information content (AvgIpc) is 3.00. The Morgan fingerprint density at radius 1 is 0.820 bits per heavy atom. The predicted octanol–water partition coefficient (Wildman–Crippen LogP) is 9.05. The average molecular weight is 692 g/mol. The highest BCUT2D eigenvalue weighted by Crippen LogP contribution is 2.32. The van der Waals surface area contributed by atoms with Gasteiger partial charge in [0.1, 0.15) is 22.8 Å². The number of alkyl halides is 3. The molecule has 10 nitrogen and oxygen atoms in total. The molecule has 0 fully saturated rings. The lowest BCUT2D eigenvalue weighted by Crippen LogP contribution is -2.38. The number of halogens is 3. The van der Waals surface area contributed by atoms with E-state index in [1.165, 1.54) is 23.2 Å². The van der Waals surface area contributed by atoms with E-state index >= 15 is 0 Å². The second kappa shape index (κ2) is 15.0. The number of pyridine rings is 2. The number of hydrogen-bond donors (Lipinski definition) is 2. The Morgan fingerprint density at radius 2 is 1.50 bits per heavy atom. The van der Waals surface area contributed by atoms with Gasteiger partial charge in [-0.25, -0.2) is 19.6 Å². The van der Waals surface area contributed by atoms with E-state index in [-0.39, 0.29) is 30.2 Å². The van der Waals surface area contributed by atoms with Crippen LogP contribution in [0.4, 0.5) is 40.1 Å². The van der Waals surface area contributed by atoms with E-state index in [2.05, 4.69) is 20.6 Å². The molecule has 0 atom stereocenters. The van der Waals surface area contributed by atoms with Gasteiger partial charge in [0.2, 0.25) is 0 Å². The summed E-state index contributed by atoms with van der Waals surface area (Å²) in [6.45, 7) is 12.4. The molecule has 2 aromatic carbocycles. The number of benzene rings is 2. The van der Waals surface area contributed by atoms with Crippen LogP contribution in [0.25, 0.3) is 11.1 Å². The molecule has 0 radical (unpaired) electrons. The summed E-state index contributed by atoms with van der Waals surface area (Å²) < 4.78 is 50.3. The summed E-state index contributed by atoms with van der Waals surface area (Å²) in [7, 11) is 0. The number of nitrogens with zero attached hydrogens (tertiary/aromatic N) is 3. The van der Waals surface area contributed by atoms with E-state index in [9.17, 15) is 27.6 Å². The van der Waals surface area contributed by atoms with Gasteiger partial charge in [-0.3, -0.25) is 15.0 Å². The number of carbonyl (C=O) groups excluding carboxylic acids is 3. The van der Waals surface area contributed by atoms with Crippen LogP contribution in [0, 0.1) is 6.92 Å². The molecule has 0 saturated carbocycles. The molecule has 264 valence electrons. The Morgan fingerprint density at radius 3 is 2.10 bits per heavy atom. The molecule has 0 saturated heterocycles. The van der Waals surface area contributed by atoms with Crippen LogP contribution in [0.15, 0.2) is 79.0 Å². The van der Waals surface area contributed by atoms with Gasteiger partial charge in [0.05, 0.1) is 17.4 Å². The van der Waals surface area contributed by atoms with Crippen molar-refractivity contribution in [2.45, 2.75) is 72.3 Å². The number of nitrogens with one attached hydrogen (secondary N) is 2. The van der Waals surface area contributed by atoms with Crippen molar-refractivity contribution < 1.29 is 37.0 Å². The van der Waals surface area contributed by atoms with E-state index in [1.54, 1.807) is 97.0 Å². The van der Waals surface area contributed by atoms with Crippen LogP contribution in [-0.2, 0) is 22.1 Å². The van der Waals surface area contributed by atoms with Crippen molar-refractivity contribution in [2.75, 3.05) is 22.1 Å². The maximum atomic E-state index is 13.4. The highest BCUT2D eigenvalue weighted by atomic mass is 19.4. The molecule has 3 amide bonds. The zero-order valence-corrected chi connectivity index (χ0v) is 28.9. The fourth-order valence-corrected chi connectivity index (χ4v) is 4.69. The third-order valence-electron chi connectivity index (χ3n) is 6.87. The van der Waals surface area contributed by atoms with Gasteiger partial charge in [-0.1, -0.05) is 35.9 Å². The molecule has 2 N–H and O–H groups in total. The van der Waals surface area contributed by atoms with Crippen LogP contribution in [0.3, 0.4) is 0 Å². The quantitative estimate of drug-likeness (QED) is 0.189. The lowest BCUT2D eigenvalue weighted by atomic mass is 9.96. The molecular formula is C37H40F3N5O5. The van der Waals surface area contributed by atoms with Crippen molar-refractivity contribution in [3.05, 3.63) is 101 Å². The topological polar surface area (TPSA) is 123 Å². The third kappa shape index (κ3) is 10.8. The molecule has 0 aliphatic heterocycles. The molecule has 2 heterocycles. The Hall–Kier alpha value is -5.46. The Kier molecular flexibility index (Phi) is 11.2. The number of aryl methyl sites for hydroxylation is 1. The third-order valence-corrected chi connectivity index (χ3v) is 6.87. The minimum Gasteiger partial charge on any atom is -0.444 e. The van der Waals surface area contributed by atoms with Crippen LogP contribution in [0.5, 0.6) is 0 Å². The second-order valence-corrected chi connectivity index (χ2v) is 13.5. The summed E-state index contributed by atoms with van der Waals surface area (Å²) in [5.74, 6) is 0.0447. The van der Waals surface area contributed by atoms with Crippen molar-refractivity contribution in [3.63, 3.8) is 0 Å². The Balaban J connectivity index is 1.52. The first kappa shape index (κ1) is 37.4. The summed E-state index contributed by atoms with van der Waals surface area (Å²) in [4.78, 5) is 49.2. The number of rotatable bonds is 8. The van der Waals surface area contributed by atoms with Gasteiger partial charge in [-0.05, 0) is 102 Å². The predicted molar refractivity (Wildman–Crippen MR) is 185 cm³/mol. The van der Waals surface area contributed by atoms with Crippen LogP contribution < -0.4 is 15.5 Å². The standard InChI is InChI=1S/C37H40F3N5O5/c1-23-11-17-28(24-12-14-25(15-13-24)37(38,39)40)29(21-23)32(46)43-27-16-18-31(41-22-27)45(34(48)50-36(5,6)7)20-19-26-9-8-10-30(42-26)44-33(47)49-35(2,3)4/h8-18,21-22H,19-20H2,1-7H3,(H,43,46)(H,42,44,47). The van der Waals surface area contributed by atoms with Crippen molar-refractivity contribution in [1.82, 2.24) is 9.97 Å². The summed E-state index contributed by atoms with van der Waals surface area (Å²) in [5, 5.41) is 5.39. The summed E-state index contributed by atoms with van der Waals surface area (Å²) >= 11 is 0. The fraction of sp³-hybridized carbons (Fsp3) is 0.324. The van der Waals surface area contributed by atoms with Gasteiger partial charge in [0.25, 0.3) is 5.91 Å². The molecular weight excluding hydrogens is 651 g/mol. The second-order valence-electron chi connectivity index (χ2n) is 13.5. The van der Waals surface area contributed by atoms with E-state index in [0.29, 0.717) is 22.5 Å². The molecule has 13 heteroatoms. The Labute approximate surface area is 289 Å². The van der Waals surface area contributed by atoms with E-state index in [0.717, 1.165) is 17.7 Å². The lowest BCUT2D eigenvalue weighted by Gasteiger charge is -2.27. The monoisotopic (exact) mass is 691 g/mol. The first-order chi connectivity index (χ1) is 23.3. The van der Waals surface area contributed by atoms with Crippen LogP contribution >= 0.6 is 0 Å². The largest absolute Gasteiger partial charge is 0.444 e. The molecule has 0 spiro atoms. The highest BCUT2D eigenvalue weighted by molar-refractivity contribution is 6.09. The zero-order chi connectivity index (χ0) is 36.9. The maximum absolute atomic E-state index is 13.4. The molecule has 4 rings (SSSR count). The minimum absolute atomic E-state index is 0.121. The first-order valence-corrected chi connectivity index (χ1v) is 15.8. The molecule has 0 aliphatic carbocycles. The minimum atomic E-state index is -4.48. The maximum Gasteiger partial charge on any atom is 0.416 e. The van der Waals surface area contributed by atoms with Gasteiger partial charge in [-0.2, -0.15) is 13.2 Å². The molecule has 50 heavy (non-hydrogen) atoms. The van der Waals surface area contributed by atoms with E-state index < -0.39 is 41.0 Å². The number of ether oxygens (including phenoxy) is 2. The summed E-state index contributed by atoms with van der Waals surface area (Å²) in [5.41, 5.74) is 0.603. The van der Waals surface area contributed by atoms with Gasteiger partial charge in [0, 0.05) is 24.2 Å². The smallest absolute Gasteiger partial charge is 0.416 e. The molecule has 0 unspecified atom stereocenters. The molecule has 4 aromatic rings. The van der Waals surface area contributed by atoms with Crippen molar-refractivity contribution in [2.24, 2.45) is 0 Å². The van der Waals surface area contributed by atoms with Gasteiger partial charge >= 0.3 is 18.4 Å². The lowest BCUT2D eigenvalue weighted by molar-refractivity contribution is -0.137. The Bertz CT molecular complexity index is 1830. The van der Waals surface area contributed by atoms with Crippen molar-refractivity contribution in [3.8, 4) is 11.1 Å². The summed E-state index contributed by atoms with van der Waals surface area (Å²) in [6.07, 6.45) is -4.10. The summed E-state index contributed by atoms with van der Waals surface area (Å²) in [6, 6.07) is 18.0. The number of carbonyl (C=O) groups is 3. The van der Waals surface area contributed by atoms with Crippen molar-refractivity contribution in [1.29, 1.82) is 0 Å². The molecule has 2 aromatic heterocycles. The zero-order valence-electron chi connectivity index (χ0n) is 28.9. The SMILES string of the molecule is Cc1ccc(-c2ccc(C(F)(F)F)cc2)c(C(=O)Nc2ccc(N(CCc3cccc(NC(=O)OC(C)(C)C)n3)C(=O)OC(C)(C)C)nc2)c1. The van der Waals surface area contributed by atoms with Crippen LogP contribution in [-0.4, -0.2) is 45.8 Å². The number of anilines is 3. The van der Waals surface area contributed by atoms with Gasteiger partial charge < -0.3 is 14.8 Å². The number of hydrogen-bond acceptors (Lipinski definition) is 7.